The summed E-state index contributed by atoms with van der Waals surface area (Å²) in [5.74, 6) is -3.15. The molecule has 2 rings (SSSR count). The van der Waals surface area contributed by atoms with Gasteiger partial charge in [-0.25, -0.2) is 14.4 Å². The van der Waals surface area contributed by atoms with Gasteiger partial charge in [0.15, 0.2) is 0 Å². The number of nitrogens with two attached hydrogens (primary N) is 2. The van der Waals surface area contributed by atoms with Crippen LogP contribution in [0.5, 0.6) is 11.5 Å². The monoisotopic (exact) mass is 462 g/mol. The van der Waals surface area contributed by atoms with Crippen molar-refractivity contribution in [2.45, 2.75) is 13.8 Å². The summed E-state index contributed by atoms with van der Waals surface area (Å²) in [5, 5.41) is 17.4. The number of urea groups is 1. The summed E-state index contributed by atoms with van der Waals surface area (Å²) >= 11 is 0. The van der Waals surface area contributed by atoms with E-state index in [1.165, 1.54) is 38.1 Å². The van der Waals surface area contributed by atoms with Gasteiger partial charge in [0.2, 0.25) is 0 Å². The molecule has 164 valence electrons. The summed E-state index contributed by atoms with van der Waals surface area (Å²) in [6, 6.07) is 11.1. The molecule has 2 aromatic rings. The first-order chi connectivity index (χ1) is 14.0. The fraction of sp³-hybridized carbons (Fsp3) is 0.105. The fourth-order valence-electron chi connectivity index (χ4n) is 1.77. The van der Waals surface area contributed by atoms with Crippen LogP contribution in [0.1, 0.15) is 34.6 Å². The molecule has 0 unspecified atom stereocenters. The molecule has 0 heterocycles. The van der Waals surface area contributed by atoms with Crippen LogP contribution in [-0.2, 0) is 9.59 Å². The van der Waals surface area contributed by atoms with Gasteiger partial charge in [0.05, 0.1) is 0 Å². The zero-order valence-corrected chi connectivity index (χ0v) is 16.0. The minimum atomic E-state index is -1.11. The molecule has 0 bridgehead atoms. The van der Waals surface area contributed by atoms with Crippen molar-refractivity contribution in [3.63, 3.8) is 0 Å². The van der Waals surface area contributed by atoms with E-state index in [1.54, 1.807) is 24.3 Å². The number of rotatable bonds is 4. The predicted molar refractivity (Wildman–Crippen MR) is 112 cm³/mol. The maximum absolute atomic E-state index is 10.6. The Hall–Kier alpha value is -3.15. The molecule has 0 aromatic heterocycles. The molecule has 11 nitrogen and oxygen atoms in total. The van der Waals surface area contributed by atoms with Crippen LogP contribution >= 0.6 is 0 Å². The number of ether oxygens (including phenoxy) is 2. The van der Waals surface area contributed by atoms with E-state index in [9.17, 15) is 19.2 Å². The summed E-state index contributed by atoms with van der Waals surface area (Å²) in [5.41, 5.74) is 8.47. The van der Waals surface area contributed by atoms with Crippen LogP contribution in [0.15, 0.2) is 48.5 Å². The molecule has 0 saturated heterocycles. The Morgan fingerprint density at radius 3 is 1.16 bits per heavy atom. The second kappa shape index (κ2) is 15.7. The Morgan fingerprint density at radius 1 is 0.677 bits per heavy atom. The number of amides is 2. The zero-order valence-electron chi connectivity index (χ0n) is 16.0. The number of hydrogen-bond acceptors (Lipinski definition) is 7. The van der Waals surface area contributed by atoms with Crippen molar-refractivity contribution < 1.29 is 43.7 Å². The van der Waals surface area contributed by atoms with Gasteiger partial charge in [0.1, 0.15) is 22.6 Å². The van der Waals surface area contributed by atoms with Gasteiger partial charge in [-0.05, 0) is 24.3 Å². The third kappa shape index (κ3) is 13.7. The molecule has 6 N–H and O–H groups in total. The Balaban J connectivity index is 0. The zero-order chi connectivity index (χ0) is 23.3. The Kier molecular flexibility index (Phi) is 15.2. The molecule has 0 saturated carbocycles. The van der Waals surface area contributed by atoms with E-state index in [2.05, 4.69) is 20.9 Å². The molecule has 0 radical (unpaired) electrons. The summed E-state index contributed by atoms with van der Waals surface area (Å²) in [7, 11) is 0. The van der Waals surface area contributed by atoms with Gasteiger partial charge >= 0.3 is 67.6 Å². The van der Waals surface area contributed by atoms with E-state index in [0.29, 0.717) is 0 Å². The summed E-state index contributed by atoms with van der Waals surface area (Å²) in [6.07, 6.45) is 0. The molecule has 12 heteroatoms. The van der Waals surface area contributed by atoms with E-state index < -0.39 is 29.9 Å². The molecular weight excluding hydrogens is 440 g/mol. The number of carboxylic acid groups (broad SMARTS) is 2. The van der Waals surface area contributed by atoms with Crippen LogP contribution in [0.3, 0.4) is 0 Å². The average Bonchev–Trinajstić information content (AvgIpc) is 2.61. The van der Waals surface area contributed by atoms with Crippen LogP contribution in [0.2, 0.25) is 0 Å². The molecule has 2 amide bonds. The molecule has 0 spiro atoms. The van der Waals surface area contributed by atoms with Crippen molar-refractivity contribution in [2.75, 3.05) is 0 Å². The number of hydrogen-bond donors (Lipinski definition) is 4. The topological polar surface area (TPSA) is 196 Å². The molecule has 0 fully saturated rings. The number of esters is 2. The quantitative estimate of drug-likeness (QED) is 0.287. The van der Waals surface area contributed by atoms with Crippen molar-refractivity contribution in [1.29, 1.82) is 0 Å². The molecule has 2 aromatic carbocycles. The summed E-state index contributed by atoms with van der Waals surface area (Å²) in [4.78, 5) is 51.4. The maximum atomic E-state index is 10.6. The van der Waals surface area contributed by atoms with Crippen LogP contribution in [-0.4, -0.2) is 77.9 Å². The van der Waals surface area contributed by atoms with Crippen molar-refractivity contribution in [1.82, 2.24) is 0 Å². The van der Waals surface area contributed by atoms with Crippen molar-refractivity contribution in [3.05, 3.63) is 59.7 Å². The van der Waals surface area contributed by atoms with E-state index in [1.807, 2.05) is 0 Å². The first kappa shape index (κ1) is 30.0. The van der Waals surface area contributed by atoms with E-state index in [-0.39, 0.29) is 60.4 Å². The van der Waals surface area contributed by atoms with E-state index in [4.69, 9.17) is 15.0 Å². The number of benzene rings is 2. The molecular formula is C19H22CaN2O9. The van der Waals surface area contributed by atoms with Gasteiger partial charge in [-0.15, -0.1) is 0 Å². The summed E-state index contributed by atoms with van der Waals surface area (Å²) < 4.78 is 9.37. The third-order valence-electron chi connectivity index (χ3n) is 2.74. The summed E-state index contributed by atoms with van der Waals surface area (Å²) in [6.45, 7) is 2.44. The number of para-hydroxylation sites is 2. The van der Waals surface area contributed by atoms with Crippen molar-refractivity contribution in [3.8, 4) is 11.5 Å². The van der Waals surface area contributed by atoms with Crippen LogP contribution in [0.25, 0.3) is 0 Å². The number of aromatic carboxylic acids is 2. The molecule has 0 atom stereocenters. The number of carboxylic acids is 2. The van der Waals surface area contributed by atoms with Crippen LogP contribution < -0.4 is 20.9 Å². The SMILES string of the molecule is CC(=O)Oc1ccccc1C(=O)O.CC(=O)Oc1ccccc1C(=O)O.NC(N)=O.[CaH2]. The second-order valence-corrected chi connectivity index (χ2v) is 5.19. The van der Waals surface area contributed by atoms with Gasteiger partial charge in [0.25, 0.3) is 0 Å². The van der Waals surface area contributed by atoms with Gasteiger partial charge < -0.3 is 31.2 Å². The Labute approximate surface area is 206 Å². The van der Waals surface area contributed by atoms with Crippen LogP contribution in [0, 0.1) is 0 Å². The van der Waals surface area contributed by atoms with E-state index in [0.717, 1.165) is 0 Å². The molecule has 0 aliphatic heterocycles. The first-order valence-corrected chi connectivity index (χ1v) is 8.02. The minimum absolute atomic E-state index is 0. The molecule has 31 heavy (non-hydrogen) atoms. The van der Waals surface area contributed by atoms with Gasteiger partial charge in [-0.1, -0.05) is 24.3 Å². The standard InChI is InChI=1S/2C9H8O4.CH4N2O.Ca.2H/c2*1-6(10)13-8-5-3-2-4-7(8)9(11)12;2-1(3)4;;;/h2*2-5H,1H3,(H,11,12);(H4,2,3,4);;;. The van der Waals surface area contributed by atoms with Gasteiger partial charge in [-0.3, -0.25) is 9.59 Å². The Morgan fingerprint density at radius 2 is 0.935 bits per heavy atom. The average molecular weight is 462 g/mol. The second-order valence-electron chi connectivity index (χ2n) is 5.19. The number of carbonyl (C=O) groups excluding carboxylic acids is 3. The number of carbonyl (C=O) groups is 5. The van der Waals surface area contributed by atoms with Crippen LogP contribution in [0.4, 0.5) is 4.79 Å². The van der Waals surface area contributed by atoms with Gasteiger partial charge in [-0.2, -0.15) is 0 Å². The third-order valence-corrected chi connectivity index (χ3v) is 2.74. The molecule has 0 aliphatic carbocycles. The normalized spacial score (nSPS) is 8.58. The van der Waals surface area contributed by atoms with Crippen molar-refractivity contribution in [2.24, 2.45) is 11.5 Å². The predicted octanol–water partition coefficient (Wildman–Crippen LogP) is 0.728. The van der Waals surface area contributed by atoms with Crippen molar-refractivity contribution >= 4 is 67.6 Å². The Bertz CT molecular complexity index is 859. The first-order valence-electron chi connectivity index (χ1n) is 8.02. The van der Waals surface area contributed by atoms with E-state index >= 15 is 0 Å². The number of primary amides is 2. The van der Waals surface area contributed by atoms with Gasteiger partial charge in [0, 0.05) is 13.8 Å². The molecule has 0 aliphatic rings. The fourth-order valence-corrected chi connectivity index (χ4v) is 1.77.